The van der Waals surface area contributed by atoms with Crippen LogP contribution in [-0.2, 0) is 4.79 Å². The summed E-state index contributed by atoms with van der Waals surface area (Å²) in [5.74, 6) is -0.212. The zero-order chi connectivity index (χ0) is 14.3. The van der Waals surface area contributed by atoms with Crippen molar-refractivity contribution in [2.45, 2.75) is 25.8 Å². The number of halogens is 2. The van der Waals surface area contributed by atoms with Gasteiger partial charge in [-0.2, -0.15) is 0 Å². The van der Waals surface area contributed by atoms with E-state index < -0.39 is 0 Å². The second-order valence-corrected chi connectivity index (χ2v) is 4.89. The zero-order valence-corrected chi connectivity index (χ0v) is 12.2. The SMILES string of the molecule is CCC(CCO)NC(=O)/C=C/c1cccc(Cl)c1Cl. The Bertz CT molecular complexity index is 461. The van der Waals surface area contributed by atoms with Gasteiger partial charge in [0.2, 0.25) is 5.91 Å². The Morgan fingerprint density at radius 3 is 2.84 bits per heavy atom. The molecule has 0 saturated carbocycles. The fraction of sp³-hybridized carbons (Fsp3) is 0.357. The largest absolute Gasteiger partial charge is 0.396 e. The maximum atomic E-state index is 11.7. The number of carbonyl (C=O) groups excluding carboxylic acids is 1. The molecule has 0 fully saturated rings. The van der Waals surface area contributed by atoms with Crippen LogP contribution in [0.25, 0.3) is 6.08 Å². The highest BCUT2D eigenvalue weighted by atomic mass is 35.5. The van der Waals surface area contributed by atoms with Crippen molar-refractivity contribution in [3.63, 3.8) is 0 Å². The molecule has 1 atom stereocenters. The van der Waals surface area contributed by atoms with Crippen molar-refractivity contribution in [1.82, 2.24) is 5.32 Å². The number of rotatable bonds is 6. The Morgan fingerprint density at radius 1 is 1.47 bits per heavy atom. The lowest BCUT2D eigenvalue weighted by Gasteiger charge is -2.13. The molecular formula is C14H17Cl2NO2. The average molecular weight is 302 g/mol. The Labute approximate surface area is 123 Å². The Morgan fingerprint density at radius 2 is 2.21 bits per heavy atom. The van der Waals surface area contributed by atoms with Crippen LogP contribution in [0.1, 0.15) is 25.3 Å². The van der Waals surface area contributed by atoms with Crippen molar-refractivity contribution < 1.29 is 9.90 Å². The molecule has 0 radical (unpaired) electrons. The maximum Gasteiger partial charge on any atom is 0.244 e. The lowest BCUT2D eigenvalue weighted by atomic mass is 10.1. The van der Waals surface area contributed by atoms with E-state index in [1.54, 1.807) is 24.3 Å². The van der Waals surface area contributed by atoms with E-state index in [0.717, 1.165) is 6.42 Å². The quantitative estimate of drug-likeness (QED) is 0.792. The van der Waals surface area contributed by atoms with Crippen LogP contribution in [0.15, 0.2) is 24.3 Å². The molecule has 5 heteroatoms. The molecule has 0 heterocycles. The number of aliphatic hydroxyl groups is 1. The average Bonchev–Trinajstić information content (AvgIpc) is 2.40. The minimum Gasteiger partial charge on any atom is -0.396 e. The number of benzene rings is 1. The summed E-state index contributed by atoms with van der Waals surface area (Å²) in [6.45, 7) is 2.01. The summed E-state index contributed by atoms with van der Waals surface area (Å²) in [5.41, 5.74) is 0.694. The van der Waals surface area contributed by atoms with E-state index in [0.29, 0.717) is 22.0 Å². The smallest absolute Gasteiger partial charge is 0.244 e. The summed E-state index contributed by atoms with van der Waals surface area (Å²) in [6, 6.07) is 5.22. The fourth-order valence-corrected chi connectivity index (χ4v) is 1.97. The normalized spacial score (nSPS) is 12.6. The van der Waals surface area contributed by atoms with Gasteiger partial charge in [0.05, 0.1) is 10.0 Å². The molecule has 0 bridgehead atoms. The molecule has 1 amide bonds. The summed E-state index contributed by atoms with van der Waals surface area (Å²) in [6.07, 6.45) is 4.36. The van der Waals surface area contributed by atoms with Gasteiger partial charge in [-0.15, -0.1) is 0 Å². The van der Waals surface area contributed by atoms with E-state index in [4.69, 9.17) is 28.3 Å². The number of amides is 1. The minimum atomic E-state index is -0.212. The summed E-state index contributed by atoms with van der Waals surface area (Å²) in [4.78, 5) is 11.7. The first-order valence-electron chi connectivity index (χ1n) is 6.12. The van der Waals surface area contributed by atoms with E-state index in [-0.39, 0.29) is 18.6 Å². The highest BCUT2D eigenvalue weighted by Crippen LogP contribution is 2.26. The highest BCUT2D eigenvalue weighted by molar-refractivity contribution is 6.42. The van der Waals surface area contributed by atoms with E-state index in [9.17, 15) is 4.79 Å². The van der Waals surface area contributed by atoms with Crippen molar-refractivity contribution in [1.29, 1.82) is 0 Å². The number of carbonyl (C=O) groups is 1. The van der Waals surface area contributed by atoms with Crippen molar-refractivity contribution in [3.05, 3.63) is 39.9 Å². The lowest BCUT2D eigenvalue weighted by Crippen LogP contribution is -2.33. The Balaban J connectivity index is 2.65. The van der Waals surface area contributed by atoms with Gasteiger partial charge < -0.3 is 10.4 Å². The first-order valence-corrected chi connectivity index (χ1v) is 6.87. The van der Waals surface area contributed by atoms with E-state index in [1.165, 1.54) is 6.08 Å². The molecule has 1 unspecified atom stereocenters. The summed E-state index contributed by atoms with van der Waals surface area (Å²) in [7, 11) is 0. The number of hydrogen-bond donors (Lipinski definition) is 2. The third-order valence-corrected chi connectivity index (χ3v) is 3.55. The first kappa shape index (κ1) is 16.0. The summed E-state index contributed by atoms with van der Waals surface area (Å²) < 4.78 is 0. The Kier molecular flexibility index (Phi) is 6.92. The standard InChI is InChI=1S/C14H17Cl2NO2/c1-2-11(8-9-18)17-13(19)7-6-10-4-3-5-12(15)14(10)16/h3-7,11,18H,2,8-9H2,1H3,(H,17,19)/b7-6+. The Hall–Kier alpha value is -1.03. The van der Waals surface area contributed by atoms with Gasteiger partial charge >= 0.3 is 0 Å². The molecule has 0 aliphatic heterocycles. The van der Waals surface area contributed by atoms with Gasteiger partial charge in [-0.25, -0.2) is 0 Å². The molecule has 0 aliphatic rings. The molecule has 104 valence electrons. The van der Waals surface area contributed by atoms with Gasteiger partial charge in [0.25, 0.3) is 0 Å². The van der Waals surface area contributed by atoms with Crippen LogP contribution in [0.3, 0.4) is 0 Å². The molecule has 19 heavy (non-hydrogen) atoms. The third-order valence-electron chi connectivity index (χ3n) is 2.71. The predicted molar refractivity (Wildman–Crippen MR) is 79.4 cm³/mol. The topological polar surface area (TPSA) is 49.3 Å². The van der Waals surface area contributed by atoms with Crippen LogP contribution in [-0.4, -0.2) is 23.7 Å². The van der Waals surface area contributed by atoms with Crippen molar-refractivity contribution in [2.24, 2.45) is 0 Å². The van der Waals surface area contributed by atoms with Crippen LogP contribution in [0.4, 0.5) is 0 Å². The second kappa shape index (κ2) is 8.20. The fourth-order valence-electron chi connectivity index (χ4n) is 1.60. The van der Waals surface area contributed by atoms with Crippen LogP contribution in [0.5, 0.6) is 0 Å². The molecule has 0 aliphatic carbocycles. The molecule has 1 rings (SSSR count). The van der Waals surface area contributed by atoms with Crippen molar-refractivity contribution in [2.75, 3.05) is 6.61 Å². The third kappa shape index (κ3) is 5.23. The summed E-state index contributed by atoms with van der Waals surface area (Å²) >= 11 is 11.9. The van der Waals surface area contributed by atoms with Gasteiger partial charge in [-0.1, -0.05) is 42.3 Å². The highest BCUT2D eigenvalue weighted by Gasteiger charge is 2.07. The maximum absolute atomic E-state index is 11.7. The molecule has 0 spiro atoms. The van der Waals surface area contributed by atoms with Crippen molar-refractivity contribution >= 4 is 35.2 Å². The lowest BCUT2D eigenvalue weighted by molar-refractivity contribution is -0.117. The van der Waals surface area contributed by atoms with Gasteiger partial charge in [-0.05, 0) is 30.5 Å². The van der Waals surface area contributed by atoms with E-state index in [2.05, 4.69) is 5.32 Å². The molecule has 0 aromatic heterocycles. The number of aliphatic hydroxyl groups excluding tert-OH is 1. The monoisotopic (exact) mass is 301 g/mol. The van der Waals surface area contributed by atoms with Crippen LogP contribution < -0.4 is 5.32 Å². The van der Waals surface area contributed by atoms with Crippen LogP contribution >= 0.6 is 23.2 Å². The minimum absolute atomic E-state index is 0.0167. The van der Waals surface area contributed by atoms with Gasteiger partial charge in [0.15, 0.2) is 0 Å². The molecule has 0 saturated heterocycles. The van der Waals surface area contributed by atoms with E-state index in [1.807, 2.05) is 6.92 Å². The molecule has 2 N–H and O–H groups in total. The molecule has 1 aromatic carbocycles. The van der Waals surface area contributed by atoms with Crippen molar-refractivity contribution in [3.8, 4) is 0 Å². The van der Waals surface area contributed by atoms with Gasteiger partial charge in [-0.3, -0.25) is 4.79 Å². The predicted octanol–water partition coefficient (Wildman–Crippen LogP) is 3.28. The van der Waals surface area contributed by atoms with Crippen LogP contribution in [0, 0.1) is 0 Å². The van der Waals surface area contributed by atoms with Gasteiger partial charge in [0.1, 0.15) is 0 Å². The number of nitrogens with one attached hydrogen (secondary N) is 1. The first-order chi connectivity index (χ1) is 9.08. The molecule has 1 aromatic rings. The molecule has 3 nitrogen and oxygen atoms in total. The van der Waals surface area contributed by atoms with Gasteiger partial charge in [0, 0.05) is 18.7 Å². The zero-order valence-electron chi connectivity index (χ0n) is 10.7. The second-order valence-electron chi connectivity index (χ2n) is 4.10. The summed E-state index contributed by atoms with van der Waals surface area (Å²) in [5, 5.41) is 12.5. The van der Waals surface area contributed by atoms with E-state index >= 15 is 0 Å². The number of hydrogen-bond acceptors (Lipinski definition) is 2. The molecular weight excluding hydrogens is 285 g/mol. The van der Waals surface area contributed by atoms with Crippen LogP contribution in [0.2, 0.25) is 10.0 Å².